The lowest BCUT2D eigenvalue weighted by Crippen LogP contribution is -2.11. The number of carbonyl (C=O) groups excluding carboxylic acids is 1. The topological polar surface area (TPSA) is 104 Å². The van der Waals surface area contributed by atoms with Gasteiger partial charge in [-0.1, -0.05) is 0 Å². The first kappa shape index (κ1) is 25.5. The van der Waals surface area contributed by atoms with Crippen LogP contribution in [0.1, 0.15) is 28.7 Å². The predicted molar refractivity (Wildman–Crippen MR) is 124 cm³/mol. The molecule has 0 saturated heterocycles. The zero-order valence-corrected chi connectivity index (χ0v) is 19.8. The number of nitrogens with one attached hydrogen (secondary N) is 1. The van der Waals surface area contributed by atoms with E-state index in [2.05, 4.69) is 25.4 Å². The molecule has 1 N–H and O–H groups in total. The molecule has 3 aromatic heterocycles. The van der Waals surface area contributed by atoms with Crippen LogP contribution in [0.2, 0.25) is 0 Å². The summed E-state index contributed by atoms with van der Waals surface area (Å²) in [6.07, 6.45) is -0.648. The molecular formula is C24H20F4N6O3. The molecule has 0 saturated carbocycles. The molecule has 9 nitrogen and oxygen atoms in total. The number of methoxy groups -OCH3 is 1. The summed E-state index contributed by atoms with van der Waals surface area (Å²) in [5.41, 5.74) is -0.0244. The molecule has 0 atom stereocenters. The molecule has 0 spiro atoms. The number of esters is 1. The summed E-state index contributed by atoms with van der Waals surface area (Å²) in [5.74, 6) is -1.05. The zero-order chi connectivity index (χ0) is 26.7. The van der Waals surface area contributed by atoms with Gasteiger partial charge in [0.1, 0.15) is 11.6 Å². The number of halogens is 4. The molecule has 0 bridgehead atoms. The van der Waals surface area contributed by atoms with E-state index < -0.39 is 23.7 Å². The van der Waals surface area contributed by atoms with Gasteiger partial charge in [-0.3, -0.25) is 4.98 Å². The van der Waals surface area contributed by atoms with Crippen LogP contribution >= 0.6 is 0 Å². The number of hydrogen-bond donors (Lipinski definition) is 1. The predicted octanol–water partition coefficient (Wildman–Crippen LogP) is 5.12. The van der Waals surface area contributed by atoms with Gasteiger partial charge in [-0.2, -0.15) is 23.3 Å². The van der Waals surface area contributed by atoms with E-state index in [9.17, 15) is 22.4 Å². The molecule has 0 amide bonds. The van der Waals surface area contributed by atoms with Gasteiger partial charge in [0.25, 0.3) is 0 Å². The van der Waals surface area contributed by atoms with Gasteiger partial charge in [-0.25, -0.2) is 18.9 Å². The molecule has 4 aromatic rings. The fraction of sp³-hybridized carbons (Fsp3) is 0.208. The second-order valence-electron chi connectivity index (χ2n) is 7.70. The molecule has 4 rings (SSSR count). The third-order valence-corrected chi connectivity index (χ3v) is 5.07. The lowest BCUT2D eigenvalue weighted by molar-refractivity contribution is -0.141. The van der Waals surface area contributed by atoms with E-state index in [0.717, 1.165) is 10.7 Å². The standard InChI is InChI=1S/C24H20F4N6O3/c1-4-37-22(35)15-6-14(10-29-11-15)19-12-30-23(31-17-7-16(25)8-18(9-17)36-3)32-21(19)34-13(2)5-20(33-34)24(26,27)28/h5-12H,4H2,1-3H3,(H,30,31,32). The number of aromatic nitrogens is 5. The highest BCUT2D eigenvalue weighted by atomic mass is 19.4. The van der Waals surface area contributed by atoms with Crippen molar-refractivity contribution < 1.29 is 31.8 Å². The molecule has 3 heterocycles. The molecule has 1 aromatic carbocycles. The summed E-state index contributed by atoms with van der Waals surface area (Å²) >= 11 is 0. The Morgan fingerprint density at radius 3 is 2.57 bits per heavy atom. The third kappa shape index (κ3) is 5.66. The second-order valence-corrected chi connectivity index (χ2v) is 7.70. The van der Waals surface area contributed by atoms with Crippen LogP contribution in [0.25, 0.3) is 16.9 Å². The highest BCUT2D eigenvalue weighted by molar-refractivity contribution is 5.91. The fourth-order valence-electron chi connectivity index (χ4n) is 3.42. The van der Waals surface area contributed by atoms with Gasteiger partial charge in [0.2, 0.25) is 5.95 Å². The van der Waals surface area contributed by atoms with Gasteiger partial charge in [-0.05, 0) is 32.0 Å². The number of benzene rings is 1. The van der Waals surface area contributed by atoms with Crippen molar-refractivity contribution in [1.29, 1.82) is 0 Å². The highest BCUT2D eigenvalue weighted by Gasteiger charge is 2.35. The molecule has 13 heteroatoms. The number of ether oxygens (including phenoxy) is 2. The number of pyridine rings is 1. The normalized spacial score (nSPS) is 11.3. The summed E-state index contributed by atoms with van der Waals surface area (Å²) in [7, 11) is 1.37. The number of carbonyl (C=O) groups is 1. The second kappa shape index (κ2) is 10.2. The average molecular weight is 516 g/mol. The van der Waals surface area contributed by atoms with E-state index >= 15 is 0 Å². The van der Waals surface area contributed by atoms with Gasteiger partial charge in [0.05, 0.1) is 19.3 Å². The number of anilines is 2. The van der Waals surface area contributed by atoms with Crippen molar-refractivity contribution in [3.63, 3.8) is 0 Å². The first-order valence-electron chi connectivity index (χ1n) is 10.8. The summed E-state index contributed by atoms with van der Waals surface area (Å²) < 4.78 is 65.2. The van der Waals surface area contributed by atoms with Crippen LogP contribution < -0.4 is 10.1 Å². The summed E-state index contributed by atoms with van der Waals surface area (Å²) in [6, 6.07) is 6.18. The molecule has 192 valence electrons. The van der Waals surface area contributed by atoms with E-state index in [4.69, 9.17) is 9.47 Å². The molecule has 0 unspecified atom stereocenters. The fourth-order valence-corrected chi connectivity index (χ4v) is 3.42. The molecule has 0 aliphatic rings. The van der Waals surface area contributed by atoms with E-state index in [1.807, 2.05) is 0 Å². The highest BCUT2D eigenvalue weighted by Crippen LogP contribution is 2.32. The molecule has 0 fully saturated rings. The van der Waals surface area contributed by atoms with Gasteiger partial charge in [-0.15, -0.1) is 0 Å². The lowest BCUT2D eigenvalue weighted by atomic mass is 10.1. The van der Waals surface area contributed by atoms with Gasteiger partial charge < -0.3 is 14.8 Å². The molecule has 0 aliphatic carbocycles. The van der Waals surface area contributed by atoms with Crippen LogP contribution in [0.4, 0.5) is 29.2 Å². The monoisotopic (exact) mass is 516 g/mol. The number of aryl methyl sites for hydroxylation is 1. The quantitative estimate of drug-likeness (QED) is 0.267. The van der Waals surface area contributed by atoms with Crippen LogP contribution in [0.15, 0.2) is 48.9 Å². The summed E-state index contributed by atoms with van der Waals surface area (Å²) in [6.45, 7) is 3.24. The van der Waals surface area contributed by atoms with Gasteiger partial charge in [0.15, 0.2) is 11.5 Å². The van der Waals surface area contributed by atoms with Crippen molar-refractivity contribution in [3.05, 3.63) is 71.7 Å². The largest absolute Gasteiger partial charge is 0.497 e. The van der Waals surface area contributed by atoms with Crippen LogP contribution in [-0.4, -0.2) is 44.4 Å². The first-order chi connectivity index (χ1) is 17.6. The Morgan fingerprint density at radius 2 is 1.89 bits per heavy atom. The smallest absolute Gasteiger partial charge is 0.435 e. The van der Waals surface area contributed by atoms with Crippen LogP contribution in [0.3, 0.4) is 0 Å². The Morgan fingerprint density at radius 1 is 1.11 bits per heavy atom. The number of hydrogen-bond acceptors (Lipinski definition) is 8. The van der Waals surface area contributed by atoms with Crippen LogP contribution in [-0.2, 0) is 10.9 Å². The maximum Gasteiger partial charge on any atom is 0.435 e. The molecule has 37 heavy (non-hydrogen) atoms. The maximum absolute atomic E-state index is 13.9. The average Bonchev–Trinajstić information content (AvgIpc) is 3.26. The van der Waals surface area contributed by atoms with Crippen molar-refractivity contribution >= 4 is 17.6 Å². The van der Waals surface area contributed by atoms with E-state index in [1.54, 1.807) is 6.92 Å². The van der Waals surface area contributed by atoms with Crippen molar-refractivity contribution in [2.75, 3.05) is 19.0 Å². The zero-order valence-electron chi connectivity index (χ0n) is 19.8. The maximum atomic E-state index is 13.9. The van der Waals surface area contributed by atoms with Crippen LogP contribution in [0, 0.1) is 12.7 Å². The number of rotatable bonds is 7. The van der Waals surface area contributed by atoms with Crippen LogP contribution in [0.5, 0.6) is 5.75 Å². The summed E-state index contributed by atoms with van der Waals surface area (Å²) in [4.78, 5) is 24.8. The van der Waals surface area contributed by atoms with E-state index in [1.165, 1.54) is 56.9 Å². The molecule has 0 aliphatic heterocycles. The Balaban J connectivity index is 1.85. The molecular weight excluding hydrogens is 496 g/mol. The minimum atomic E-state index is -4.69. The Labute approximate surface area is 208 Å². The van der Waals surface area contributed by atoms with Crippen molar-refractivity contribution in [2.45, 2.75) is 20.0 Å². The Kier molecular flexibility index (Phi) is 7.05. The first-order valence-corrected chi connectivity index (χ1v) is 10.8. The Hall–Kier alpha value is -4.55. The number of alkyl halides is 3. The number of nitrogens with zero attached hydrogens (tertiary/aromatic N) is 5. The van der Waals surface area contributed by atoms with Gasteiger partial charge in [0, 0.05) is 53.2 Å². The Bertz CT molecular complexity index is 1450. The van der Waals surface area contributed by atoms with Crippen molar-refractivity contribution in [2.24, 2.45) is 0 Å². The van der Waals surface area contributed by atoms with Crippen molar-refractivity contribution in [1.82, 2.24) is 24.7 Å². The van der Waals surface area contributed by atoms with Gasteiger partial charge >= 0.3 is 12.1 Å². The third-order valence-electron chi connectivity index (χ3n) is 5.07. The SMILES string of the molecule is CCOC(=O)c1cncc(-c2cnc(Nc3cc(F)cc(OC)c3)nc2-n2nc(C(F)(F)F)cc2C)c1. The lowest BCUT2D eigenvalue weighted by Gasteiger charge is -2.14. The summed E-state index contributed by atoms with van der Waals surface area (Å²) in [5, 5.41) is 6.51. The van der Waals surface area contributed by atoms with E-state index in [-0.39, 0.29) is 46.6 Å². The molecule has 0 radical (unpaired) electrons. The minimum absolute atomic E-state index is 0.0309. The van der Waals surface area contributed by atoms with E-state index in [0.29, 0.717) is 5.56 Å². The van der Waals surface area contributed by atoms with Crippen molar-refractivity contribution in [3.8, 4) is 22.7 Å². The minimum Gasteiger partial charge on any atom is -0.497 e.